The van der Waals surface area contributed by atoms with Gasteiger partial charge in [-0.3, -0.25) is 9.97 Å². The van der Waals surface area contributed by atoms with E-state index >= 15 is 0 Å². The van der Waals surface area contributed by atoms with Crippen molar-refractivity contribution < 1.29 is 46.5 Å². The number of nitrogens with zero attached hydrogens (tertiary/aromatic N) is 4. The Morgan fingerprint density at radius 2 is 1.00 bits per heavy atom. The fraction of sp³-hybridized carbons (Fsp3) is 0.0769. The Balaban J connectivity index is 0.000000227. The van der Waals surface area contributed by atoms with Gasteiger partial charge in [0.2, 0.25) is 0 Å². The van der Waals surface area contributed by atoms with Crippen molar-refractivity contribution in [3.63, 3.8) is 0 Å². The summed E-state index contributed by atoms with van der Waals surface area (Å²) in [5, 5.41) is 0. The summed E-state index contributed by atoms with van der Waals surface area (Å²) in [4.78, 5) is 24.2. The Morgan fingerprint density at radius 1 is 0.571 bits per heavy atom. The molecule has 0 unspecified atom stereocenters. The Kier molecular flexibility index (Phi) is 10.2. The van der Waals surface area contributed by atoms with Crippen LogP contribution in [0.2, 0.25) is 0 Å². The molecule has 0 bridgehead atoms. The topological polar surface area (TPSA) is 83.1 Å². The minimum absolute atomic E-state index is 0. The van der Waals surface area contributed by atoms with Crippen LogP contribution >= 0.6 is 0 Å². The van der Waals surface area contributed by atoms with Gasteiger partial charge < -0.3 is 34.8 Å². The SMILES string of the molecule is Cc1cccc(-c2nc3ccc[c-]c3[nH]2)n1.Cc1cccc(-c2nc3ccc[c-]c3[nH]2)n1.[Cl-].[Cl-].[Ti+4]. The van der Waals surface area contributed by atoms with E-state index in [1.54, 1.807) is 0 Å². The smallest absolute Gasteiger partial charge is 1.00 e. The van der Waals surface area contributed by atoms with E-state index in [-0.39, 0.29) is 46.5 Å². The summed E-state index contributed by atoms with van der Waals surface area (Å²) < 4.78 is 0. The molecule has 0 amide bonds. The molecule has 4 heterocycles. The molecule has 0 radical (unpaired) electrons. The first-order chi connectivity index (χ1) is 15.7. The van der Waals surface area contributed by atoms with Gasteiger partial charge in [0.15, 0.2) is 0 Å². The minimum atomic E-state index is 0. The predicted octanol–water partition coefficient (Wildman–Crippen LogP) is -0.527. The standard InChI is InChI=1S/2C13H10N3.2ClH.Ti/c2*1-9-5-4-8-12(14-9)13-15-10-6-2-3-7-11(10)16-13;;;/h2*2-6,8H,1H3,(H,15,16);2*1H;/q2*-1;;;+4/p-2. The van der Waals surface area contributed by atoms with Crippen LogP contribution in [0.5, 0.6) is 0 Å². The number of hydrogen-bond donors (Lipinski definition) is 2. The third-order valence-corrected chi connectivity index (χ3v) is 4.88. The Hall–Kier alpha value is -3.03. The molecule has 2 N–H and O–H groups in total. The monoisotopic (exact) mass is 534 g/mol. The van der Waals surface area contributed by atoms with Crippen LogP contribution in [0.25, 0.3) is 45.1 Å². The molecule has 6 nitrogen and oxygen atoms in total. The maximum atomic E-state index is 4.47. The van der Waals surface area contributed by atoms with Crippen LogP contribution in [0, 0.1) is 26.0 Å². The number of benzene rings is 2. The van der Waals surface area contributed by atoms with Crippen molar-refractivity contribution in [2.75, 3.05) is 0 Å². The molecule has 6 rings (SSSR count). The van der Waals surface area contributed by atoms with Crippen LogP contribution in [0.1, 0.15) is 11.4 Å². The molecule has 0 aliphatic heterocycles. The second-order valence-corrected chi connectivity index (χ2v) is 7.36. The van der Waals surface area contributed by atoms with Gasteiger partial charge in [-0.05, 0) is 60.2 Å². The minimum Gasteiger partial charge on any atom is -1.00 e. The number of rotatable bonds is 2. The average Bonchev–Trinajstić information content (AvgIpc) is 3.44. The van der Waals surface area contributed by atoms with Crippen LogP contribution in [-0.2, 0) is 21.7 Å². The molecule has 0 spiro atoms. The first-order valence-corrected chi connectivity index (χ1v) is 10.3. The first-order valence-electron chi connectivity index (χ1n) is 10.3. The molecule has 0 atom stereocenters. The molecule has 0 fully saturated rings. The van der Waals surface area contributed by atoms with Gasteiger partial charge in [0, 0.05) is 11.4 Å². The van der Waals surface area contributed by atoms with Crippen molar-refractivity contribution in [2.45, 2.75) is 13.8 Å². The van der Waals surface area contributed by atoms with E-state index in [0.717, 1.165) is 56.5 Å². The van der Waals surface area contributed by atoms with Crippen molar-refractivity contribution >= 4 is 22.1 Å². The Labute approximate surface area is 230 Å². The molecule has 9 heteroatoms. The van der Waals surface area contributed by atoms with Gasteiger partial charge in [0.05, 0.1) is 0 Å². The molecule has 2 aromatic carbocycles. The van der Waals surface area contributed by atoms with Gasteiger partial charge in [0.1, 0.15) is 23.0 Å². The number of pyridine rings is 2. The van der Waals surface area contributed by atoms with E-state index in [0.29, 0.717) is 0 Å². The zero-order valence-corrected chi connectivity index (χ0v) is 22.0. The van der Waals surface area contributed by atoms with Crippen molar-refractivity contribution in [2.24, 2.45) is 0 Å². The first kappa shape index (κ1) is 28.2. The zero-order valence-electron chi connectivity index (χ0n) is 19.0. The summed E-state index contributed by atoms with van der Waals surface area (Å²) >= 11 is 0. The normalized spacial score (nSPS) is 9.89. The number of imidazole rings is 2. The zero-order chi connectivity index (χ0) is 21.9. The van der Waals surface area contributed by atoms with Gasteiger partial charge in [0.25, 0.3) is 0 Å². The van der Waals surface area contributed by atoms with Crippen molar-refractivity contribution in [1.82, 2.24) is 29.9 Å². The molecule has 6 aromatic rings. The van der Waals surface area contributed by atoms with Gasteiger partial charge in [-0.2, -0.15) is 36.4 Å². The molecule has 0 aliphatic carbocycles. The van der Waals surface area contributed by atoms with Crippen molar-refractivity contribution in [3.8, 4) is 23.0 Å². The number of aryl methyl sites for hydroxylation is 2. The second-order valence-electron chi connectivity index (χ2n) is 7.36. The molecular weight excluding hydrogens is 515 g/mol. The molecule has 4 aromatic heterocycles. The number of hydrogen-bond acceptors (Lipinski definition) is 4. The number of aromatic amines is 2. The molecule has 0 saturated carbocycles. The molecule has 0 saturated heterocycles. The van der Waals surface area contributed by atoms with Crippen molar-refractivity contribution in [1.29, 1.82) is 0 Å². The number of aromatic nitrogens is 6. The van der Waals surface area contributed by atoms with E-state index in [4.69, 9.17) is 0 Å². The number of fused-ring (bicyclic) bond motifs is 2. The summed E-state index contributed by atoms with van der Waals surface area (Å²) in [6.07, 6.45) is 0. The van der Waals surface area contributed by atoms with Gasteiger partial charge in [-0.1, -0.05) is 12.1 Å². The fourth-order valence-electron chi connectivity index (χ4n) is 3.37. The number of para-hydroxylation sites is 2. The summed E-state index contributed by atoms with van der Waals surface area (Å²) in [5.74, 6) is 1.59. The van der Waals surface area contributed by atoms with E-state index in [1.807, 2.05) is 86.6 Å². The summed E-state index contributed by atoms with van der Waals surface area (Å²) in [5.41, 5.74) is 7.38. The van der Waals surface area contributed by atoms with Crippen LogP contribution in [0.4, 0.5) is 0 Å². The van der Waals surface area contributed by atoms with Crippen LogP contribution in [0.3, 0.4) is 0 Å². The summed E-state index contributed by atoms with van der Waals surface area (Å²) in [6, 6.07) is 29.5. The summed E-state index contributed by atoms with van der Waals surface area (Å²) in [6.45, 7) is 3.94. The quantitative estimate of drug-likeness (QED) is 0.231. The Morgan fingerprint density at radius 3 is 1.37 bits per heavy atom. The van der Waals surface area contributed by atoms with E-state index < -0.39 is 0 Å². The largest absolute Gasteiger partial charge is 4.00 e. The Bertz CT molecular complexity index is 1350. The number of nitrogens with one attached hydrogen (secondary N) is 2. The van der Waals surface area contributed by atoms with Gasteiger partial charge >= 0.3 is 21.7 Å². The van der Waals surface area contributed by atoms with Crippen LogP contribution in [0.15, 0.2) is 72.8 Å². The average molecular weight is 535 g/mol. The van der Waals surface area contributed by atoms with Crippen LogP contribution in [-0.4, -0.2) is 29.9 Å². The third-order valence-electron chi connectivity index (χ3n) is 4.88. The molecule has 0 aliphatic rings. The summed E-state index contributed by atoms with van der Waals surface area (Å²) in [7, 11) is 0. The van der Waals surface area contributed by atoms with Crippen LogP contribution < -0.4 is 24.8 Å². The molecular formula is C26H20Cl2N6Ti. The van der Waals surface area contributed by atoms with Gasteiger partial charge in [-0.25, -0.2) is 9.97 Å². The number of H-pyrrole nitrogens is 2. The maximum Gasteiger partial charge on any atom is 4.00 e. The van der Waals surface area contributed by atoms with E-state index in [9.17, 15) is 0 Å². The molecule has 35 heavy (non-hydrogen) atoms. The third kappa shape index (κ3) is 6.56. The van der Waals surface area contributed by atoms with E-state index in [2.05, 4.69) is 42.0 Å². The van der Waals surface area contributed by atoms with Crippen molar-refractivity contribution in [3.05, 3.63) is 96.3 Å². The fourth-order valence-corrected chi connectivity index (χ4v) is 3.37. The number of halogens is 2. The second kappa shape index (κ2) is 12.6. The predicted molar refractivity (Wildman–Crippen MR) is 126 cm³/mol. The van der Waals surface area contributed by atoms with Gasteiger partial charge in [-0.15, -0.1) is 12.1 Å². The molecule has 172 valence electrons. The maximum absolute atomic E-state index is 4.47. The van der Waals surface area contributed by atoms with E-state index in [1.165, 1.54) is 0 Å².